The summed E-state index contributed by atoms with van der Waals surface area (Å²) in [6.07, 6.45) is 2.02. The van der Waals surface area contributed by atoms with Crippen LogP contribution in [0.4, 0.5) is 0 Å². The highest BCUT2D eigenvalue weighted by atomic mass is 35.5. The number of aliphatic hydroxyl groups is 1. The summed E-state index contributed by atoms with van der Waals surface area (Å²) in [5.41, 5.74) is 0.978. The van der Waals surface area contributed by atoms with Gasteiger partial charge in [0.25, 0.3) is 5.91 Å². The second kappa shape index (κ2) is 6.24. The molecule has 0 radical (unpaired) electrons. The van der Waals surface area contributed by atoms with E-state index in [0.717, 1.165) is 0 Å². The van der Waals surface area contributed by atoms with Crippen LogP contribution in [0, 0.1) is 5.92 Å². The van der Waals surface area contributed by atoms with Gasteiger partial charge in [-0.05, 0) is 31.4 Å². The van der Waals surface area contributed by atoms with Crippen molar-refractivity contribution in [2.75, 3.05) is 6.54 Å². The van der Waals surface area contributed by atoms with E-state index in [0.29, 0.717) is 24.3 Å². The molecule has 2 aromatic rings. The lowest BCUT2D eigenvalue weighted by Gasteiger charge is -2.14. The fourth-order valence-corrected chi connectivity index (χ4v) is 2.45. The third kappa shape index (κ3) is 3.29. The molecule has 2 atom stereocenters. The van der Waals surface area contributed by atoms with Crippen molar-refractivity contribution in [1.29, 1.82) is 0 Å². The number of rotatable bonds is 5. The lowest BCUT2D eigenvalue weighted by atomic mass is 10.0. The molecule has 0 aliphatic heterocycles. The Morgan fingerprint density at radius 1 is 1.50 bits per heavy atom. The molecule has 0 aliphatic carbocycles. The molecule has 0 bridgehead atoms. The number of aromatic nitrogens is 2. The fraction of sp³-hybridized carbons (Fsp3) is 0.429. The Kier molecular flexibility index (Phi) is 4.62. The zero-order valence-corrected chi connectivity index (χ0v) is 12.3. The van der Waals surface area contributed by atoms with Gasteiger partial charge in [0.05, 0.1) is 6.10 Å². The molecular weight excluding hydrogens is 278 g/mol. The largest absolute Gasteiger partial charge is 0.393 e. The van der Waals surface area contributed by atoms with Crippen molar-refractivity contribution in [3.8, 4) is 0 Å². The summed E-state index contributed by atoms with van der Waals surface area (Å²) in [7, 11) is 0. The summed E-state index contributed by atoms with van der Waals surface area (Å²) < 4.78 is 1.66. The number of imidazole rings is 1. The Hall–Kier alpha value is -1.59. The van der Waals surface area contributed by atoms with E-state index in [4.69, 9.17) is 11.6 Å². The van der Waals surface area contributed by atoms with Crippen LogP contribution in [-0.4, -0.2) is 33.0 Å². The predicted octanol–water partition coefficient (Wildman–Crippen LogP) is 2.12. The minimum Gasteiger partial charge on any atom is -0.393 e. The Labute approximate surface area is 122 Å². The second-order valence-electron chi connectivity index (χ2n) is 5.08. The van der Waals surface area contributed by atoms with Gasteiger partial charge in [-0.15, -0.1) is 0 Å². The van der Waals surface area contributed by atoms with Crippen molar-refractivity contribution in [1.82, 2.24) is 14.7 Å². The lowest BCUT2D eigenvalue weighted by molar-refractivity contribution is 0.0933. The van der Waals surface area contributed by atoms with Crippen LogP contribution in [0.3, 0.4) is 0 Å². The monoisotopic (exact) mass is 295 g/mol. The van der Waals surface area contributed by atoms with Crippen LogP contribution < -0.4 is 5.32 Å². The normalized spacial score (nSPS) is 14.2. The van der Waals surface area contributed by atoms with Crippen molar-refractivity contribution in [2.24, 2.45) is 5.92 Å². The van der Waals surface area contributed by atoms with Crippen molar-refractivity contribution in [2.45, 2.75) is 26.4 Å². The average molecular weight is 296 g/mol. The van der Waals surface area contributed by atoms with Crippen LogP contribution in [0.5, 0.6) is 0 Å². The van der Waals surface area contributed by atoms with E-state index in [1.807, 2.05) is 19.1 Å². The molecule has 0 aromatic carbocycles. The predicted molar refractivity (Wildman–Crippen MR) is 78.0 cm³/mol. The van der Waals surface area contributed by atoms with Crippen LogP contribution >= 0.6 is 11.6 Å². The van der Waals surface area contributed by atoms with Gasteiger partial charge in [-0.3, -0.25) is 9.20 Å². The van der Waals surface area contributed by atoms with Crippen LogP contribution in [0.2, 0.25) is 5.15 Å². The summed E-state index contributed by atoms with van der Waals surface area (Å²) in [6.45, 7) is 4.20. The van der Waals surface area contributed by atoms with Gasteiger partial charge in [-0.1, -0.05) is 24.6 Å². The minimum absolute atomic E-state index is 0.192. The maximum Gasteiger partial charge on any atom is 0.271 e. The van der Waals surface area contributed by atoms with E-state index in [1.54, 1.807) is 23.6 Å². The number of halogens is 1. The molecule has 0 saturated carbocycles. The quantitative estimate of drug-likeness (QED) is 0.888. The van der Waals surface area contributed by atoms with Crippen molar-refractivity contribution in [3.63, 3.8) is 0 Å². The third-order valence-electron chi connectivity index (χ3n) is 3.06. The molecule has 2 aromatic heterocycles. The van der Waals surface area contributed by atoms with Crippen molar-refractivity contribution in [3.05, 3.63) is 35.2 Å². The van der Waals surface area contributed by atoms with Gasteiger partial charge in [0.1, 0.15) is 5.65 Å². The number of nitrogens with one attached hydrogen (secondary N) is 1. The zero-order valence-electron chi connectivity index (χ0n) is 11.5. The fourth-order valence-electron chi connectivity index (χ4n) is 2.19. The van der Waals surface area contributed by atoms with Crippen LogP contribution in [0.15, 0.2) is 24.4 Å². The highest BCUT2D eigenvalue weighted by Crippen LogP contribution is 2.17. The van der Waals surface area contributed by atoms with Gasteiger partial charge in [0, 0.05) is 12.7 Å². The molecule has 2 heterocycles. The Morgan fingerprint density at radius 3 is 2.95 bits per heavy atom. The van der Waals surface area contributed by atoms with Gasteiger partial charge in [-0.25, -0.2) is 4.98 Å². The minimum atomic E-state index is -0.374. The van der Waals surface area contributed by atoms with Crippen molar-refractivity contribution < 1.29 is 9.90 Å². The van der Waals surface area contributed by atoms with Crippen LogP contribution in [0.1, 0.15) is 30.8 Å². The number of carbonyl (C=O) groups is 1. The summed E-state index contributed by atoms with van der Waals surface area (Å²) in [5, 5.41) is 12.3. The first-order chi connectivity index (χ1) is 9.49. The first kappa shape index (κ1) is 14.8. The Balaban J connectivity index is 2.10. The molecule has 2 N–H and O–H groups in total. The smallest absolute Gasteiger partial charge is 0.271 e. The number of nitrogens with zero attached hydrogens (tertiary/aromatic N) is 2. The van der Waals surface area contributed by atoms with Crippen molar-refractivity contribution >= 4 is 23.2 Å². The summed E-state index contributed by atoms with van der Waals surface area (Å²) in [6, 6.07) is 5.45. The number of hydrogen-bond acceptors (Lipinski definition) is 3. The van der Waals surface area contributed by atoms with Gasteiger partial charge < -0.3 is 10.4 Å². The van der Waals surface area contributed by atoms with E-state index in [9.17, 15) is 9.90 Å². The molecule has 2 unspecified atom stereocenters. The molecule has 0 spiro atoms. The molecule has 0 fully saturated rings. The lowest BCUT2D eigenvalue weighted by Crippen LogP contribution is -2.30. The maximum atomic E-state index is 12.2. The number of amides is 1. The van der Waals surface area contributed by atoms with Gasteiger partial charge in [0.15, 0.2) is 10.8 Å². The van der Waals surface area contributed by atoms with E-state index >= 15 is 0 Å². The molecule has 108 valence electrons. The number of hydrogen-bond donors (Lipinski definition) is 2. The summed E-state index contributed by atoms with van der Waals surface area (Å²) in [4.78, 5) is 16.3. The van der Waals surface area contributed by atoms with Gasteiger partial charge >= 0.3 is 0 Å². The number of pyridine rings is 1. The average Bonchev–Trinajstić information content (AvgIpc) is 2.71. The summed E-state index contributed by atoms with van der Waals surface area (Å²) in [5.74, 6) is -0.0666. The van der Waals surface area contributed by atoms with Crippen LogP contribution in [0.25, 0.3) is 5.65 Å². The van der Waals surface area contributed by atoms with E-state index in [-0.39, 0.29) is 23.1 Å². The molecule has 0 saturated heterocycles. The van der Waals surface area contributed by atoms with Crippen LogP contribution in [-0.2, 0) is 0 Å². The van der Waals surface area contributed by atoms with Gasteiger partial charge in [0.2, 0.25) is 0 Å². The molecule has 5 nitrogen and oxygen atoms in total. The first-order valence-electron chi connectivity index (χ1n) is 6.58. The molecule has 20 heavy (non-hydrogen) atoms. The highest BCUT2D eigenvalue weighted by Gasteiger charge is 2.18. The Morgan fingerprint density at radius 2 is 2.25 bits per heavy atom. The standard InChI is InChI=1S/C14H18ClN3O2/c1-9(7-10(2)19)8-16-14(20)12-13(15)17-11-5-3-4-6-18(11)12/h3-6,9-10,19H,7-8H2,1-2H3,(H,16,20). The second-order valence-corrected chi connectivity index (χ2v) is 5.44. The number of carbonyl (C=O) groups excluding carboxylic acids is 1. The maximum absolute atomic E-state index is 12.2. The number of fused-ring (bicyclic) bond motifs is 1. The molecular formula is C14H18ClN3O2. The molecule has 6 heteroatoms. The van der Waals surface area contributed by atoms with E-state index in [1.165, 1.54) is 0 Å². The molecule has 1 amide bonds. The highest BCUT2D eigenvalue weighted by molar-refractivity contribution is 6.32. The number of aliphatic hydroxyl groups excluding tert-OH is 1. The first-order valence-corrected chi connectivity index (χ1v) is 6.95. The molecule has 2 rings (SSSR count). The molecule has 0 aliphatic rings. The SMILES string of the molecule is CC(O)CC(C)CNC(=O)c1c(Cl)nc2ccccn12. The topological polar surface area (TPSA) is 66.6 Å². The Bertz CT molecular complexity index is 609. The summed E-state index contributed by atoms with van der Waals surface area (Å²) >= 11 is 6.03. The third-order valence-corrected chi connectivity index (χ3v) is 3.32. The zero-order chi connectivity index (χ0) is 14.7. The van der Waals surface area contributed by atoms with E-state index < -0.39 is 0 Å². The van der Waals surface area contributed by atoms with E-state index in [2.05, 4.69) is 10.3 Å². The van der Waals surface area contributed by atoms with Gasteiger partial charge in [-0.2, -0.15) is 0 Å².